The molecular weight excluding hydrogens is 180 g/mol. The van der Waals surface area contributed by atoms with Crippen LogP contribution in [0, 0.1) is 5.41 Å². The molecule has 0 aliphatic heterocycles. The fourth-order valence-corrected chi connectivity index (χ4v) is 2.43. The maximum atomic E-state index is 9.33. The smallest absolute Gasteiger partial charge is 0.171 e. The molecule has 0 spiro atoms. The largest absolute Gasteiger partial charge is 0.417 e. The van der Waals surface area contributed by atoms with Gasteiger partial charge in [0.1, 0.15) is 0 Å². The summed E-state index contributed by atoms with van der Waals surface area (Å²) in [7, 11) is -0.998. The second-order valence-electron chi connectivity index (χ2n) is 5.12. The Balaban J connectivity index is 4.20. The van der Waals surface area contributed by atoms with E-state index in [1.807, 2.05) is 6.92 Å². The number of aliphatic hydroxyl groups is 1. The fraction of sp³-hybridized carbons (Fsp3) is 1.00. The third-order valence-corrected chi connectivity index (χ3v) is 2.83. The molecule has 0 aromatic carbocycles. The molecule has 0 aliphatic rings. The van der Waals surface area contributed by atoms with Gasteiger partial charge in [0, 0.05) is 0 Å². The normalized spacial score (nSPS) is 17.5. The van der Waals surface area contributed by atoms with Crippen LogP contribution < -0.4 is 0 Å². The first-order chi connectivity index (χ1) is 5.73. The minimum absolute atomic E-state index is 0.133. The van der Waals surface area contributed by atoms with Gasteiger partial charge in [0.25, 0.3) is 0 Å². The molecule has 3 heteroatoms. The summed E-state index contributed by atoms with van der Waals surface area (Å²) in [4.78, 5) is 0. The van der Waals surface area contributed by atoms with Gasteiger partial charge in [0.05, 0.1) is 12.2 Å². The van der Waals surface area contributed by atoms with Gasteiger partial charge in [-0.05, 0) is 31.9 Å². The summed E-state index contributed by atoms with van der Waals surface area (Å²) < 4.78 is 5.90. The average molecular weight is 204 g/mol. The van der Waals surface area contributed by atoms with Crippen LogP contribution in [0.2, 0.25) is 13.1 Å². The van der Waals surface area contributed by atoms with E-state index in [-0.39, 0.29) is 17.6 Å². The number of hydrogen-bond donors (Lipinski definition) is 1. The predicted molar refractivity (Wildman–Crippen MR) is 59.5 cm³/mol. The van der Waals surface area contributed by atoms with Crippen LogP contribution in [0.5, 0.6) is 0 Å². The molecular formula is C10H24O2Si. The Hall–Kier alpha value is 0.137. The maximum Gasteiger partial charge on any atom is 0.171 e. The highest BCUT2D eigenvalue weighted by Crippen LogP contribution is 2.26. The maximum absolute atomic E-state index is 9.33. The lowest BCUT2D eigenvalue weighted by molar-refractivity contribution is 0.0364. The number of hydrogen-bond acceptors (Lipinski definition) is 2. The van der Waals surface area contributed by atoms with Crippen molar-refractivity contribution in [3.05, 3.63) is 0 Å². The Morgan fingerprint density at radius 3 is 2.00 bits per heavy atom. The van der Waals surface area contributed by atoms with Gasteiger partial charge in [0.2, 0.25) is 0 Å². The van der Waals surface area contributed by atoms with Crippen molar-refractivity contribution < 1.29 is 9.53 Å². The molecule has 0 radical (unpaired) electrons. The molecule has 1 unspecified atom stereocenters. The molecule has 0 fully saturated rings. The third-order valence-electron chi connectivity index (χ3n) is 1.96. The first kappa shape index (κ1) is 13.1. The van der Waals surface area contributed by atoms with Crippen molar-refractivity contribution in [2.24, 2.45) is 5.41 Å². The van der Waals surface area contributed by atoms with E-state index >= 15 is 0 Å². The summed E-state index contributed by atoms with van der Waals surface area (Å²) in [5.41, 5.74) is 0.133. The van der Waals surface area contributed by atoms with E-state index < -0.39 is 9.04 Å². The van der Waals surface area contributed by atoms with Gasteiger partial charge in [0.15, 0.2) is 9.04 Å². The van der Waals surface area contributed by atoms with Gasteiger partial charge in [-0.15, -0.1) is 0 Å². The van der Waals surface area contributed by atoms with E-state index in [0.29, 0.717) is 0 Å². The highest BCUT2D eigenvalue weighted by atomic mass is 28.3. The van der Waals surface area contributed by atoms with Crippen LogP contribution in [0.1, 0.15) is 34.1 Å². The average Bonchev–Trinajstić information content (AvgIpc) is 1.81. The number of aliphatic hydroxyl groups excluding tert-OH is 1. The first-order valence-corrected chi connectivity index (χ1v) is 7.85. The molecule has 0 saturated heterocycles. The van der Waals surface area contributed by atoms with Crippen molar-refractivity contribution in [2.45, 2.75) is 59.4 Å². The summed E-state index contributed by atoms with van der Waals surface area (Å²) in [6, 6.07) is 0. The fourth-order valence-electron chi connectivity index (χ4n) is 1.25. The molecule has 0 aromatic heterocycles. The lowest BCUT2D eigenvalue weighted by Gasteiger charge is -2.33. The van der Waals surface area contributed by atoms with Crippen molar-refractivity contribution in [1.29, 1.82) is 0 Å². The first-order valence-electron chi connectivity index (χ1n) is 5.07. The Kier molecular flexibility index (Phi) is 5.18. The molecule has 1 N–H and O–H groups in total. The summed E-state index contributed by atoms with van der Waals surface area (Å²) in [5, 5.41) is 9.33. The van der Waals surface area contributed by atoms with Crippen molar-refractivity contribution in [2.75, 3.05) is 0 Å². The summed E-state index contributed by atoms with van der Waals surface area (Å²) in [6.07, 6.45) is 0.672. The van der Waals surface area contributed by atoms with Crippen LogP contribution in [0.3, 0.4) is 0 Å². The molecule has 0 amide bonds. The topological polar surface area (TPSA) is 29.5 Å². The highest BCUT2D eigenvalue weighted by molar-refractivity contribution is 6.48. The van der Waals surface area contributed by atoms with Crippen LogP contribution in [0.25, 0.3) is 0 Å². The molecule has 13 heavy (non-hydrogen) atoms. The minimum Gasteiger partial charge on any atom is -0.417 e. The van der Waals surface area contributed by atoms with E-state index in [1.165, 1.54) is 0 Å². The standard InChI is InChI=1S/C10H24O2Si/c1-8(11)7-9(10(2,3)4)12-13(5)6/h8-9,11,13H,7H2,1-6H3/t8?,9-/m1/s1. The second-order valence-corrected chi connectivity index (χ2v) is 7.49. The zero-order valence-corrected chi connectivity index (χ0v) is 10.9. The Morgan fingerprint density at radius 1 is 1.31 bits per heavy atom. The molecule has 0 heterocycles. The zero-order chi connectivity index (χ0) is 10.6. The van der Waals surface area contributed by atoms with E-state index in [4.69, 9.17) is 4.43 Å². The molecule has 0 saturated carbocycles. The van der Waals surface area contributed by atoms with Gasteiger partial charge < -0.3 is 9.53 Å². The van der Waals surface area contributed by atoms with Gasteiger partial charge in [-0.25, -0.2) is 0 Å². The zero-order valence-electron chi connectivity index (χ0n) is 9.79. The van der Waals surface area contributed by atoms with Crippen molar-refractivity contribution >= 4 is 9.04 Å². The molecule has 80 valence electrons. The van der Waals surface area contributed by atoms with Crippen molar-refractivity contribution in [3.8, 4) is 0 Å². The molecule has 2 nitrogen and oxygen atoms in total. The van der Waals surface area contributed by atoms with Gasteiger partial charge >= 0.3 is 0 Å². The molecule has 0 bridgehead atoms. The summed E-state index contributed by atoms with van der Waals surface area (Å²) in [6.45, 7) is 12.6. The van der Waals surface area contributed by atoms with Crippen LogP contribution in [-0.2, 0) is 4.43 Å². The molecule has 2 atom stereocenters. The Labute approximate surface area is 84.0 Å². The third kappa shape index (κ3) is 6.24. The van der Waals surface area contributed by atoms with E-state index in [1.54, 1.807) is 0 Å². The lowest BCUT2D eigenvalue weighted by Crippen LogP contribution is -2.35. The van der Waals surface area contributed by atoms with Crippen LogP contribution in [0.4, 0.5) is 0 Å². The summed E-state index contributed by atoms with van der Waals surface area (Å²) in [5.74, 6) is 0. The second kappa shape index (κ2) is 5.13. The van der Waals surface area contributed by atoms with Crippen molar-refractivity contribution in [3.63, 3.8) is 0 Å². The van der Waals surface area contributed by atoms with Gasteiger partial charge in [-0.3, -0.25) is 0 Å². The van der Waals surface area contributed by atoms with E-state index in [9.17, 15) is 5.11 Å². The summed E-state index contributed by atoms with van der Waals surface area (Å²) >= 11 is 0. The van der Waals surface area contributed by atoms with Crippen LogP contribution >= 0.6 is 0 Å². The number of rotatable bonds is 4. The molecule has 0 aromatic rings. The van der Waals surface area contributed by atoms with Crippen molar-refractivity contribution in [1.82, 2.24) is 0 Å². The Morgan fingerprint density at radius 2 is 1.77 bits per heavy atom. The monoisotopic (exact) mass is 204 g/mol. The SMILES string of the molecule is CC(O)C[C@@H](O[SiH](C)C)C(C)(C)C. The Bertz CT molecular complexity index is 128. The molecule has 0 rings (SSSR count). The van der Waals surface area contributed by atoms with Crippen LogP contribution in [0.15, 0.2) is 0 Å². The van der Waals surface area contributed by atoms with E-state index in [2.05, 4.69) is 33.9 Å². The molecule has 0 aliphatic carbocycles. The lowest BCUT2D eigenvalue weighted by atomic mass is 9.86. The van der Waals surface area contributed by atoms with Crippen LogP contribution in [-0.4, -0.2) is 26.4 Å². The minimum atomic E-state index is -0.998. The van der Waals surface area contributed by atoms with Gasteiger partial charge in [-0.2, -0.15) is 0 Å². The van der Waals surface area contributed by atoms with Gasteiger partial charge in [-0.1, -0.05) is 20.8 Å². The highest BCUT2D eigenvalue weighted by Gasteiger charge is 2.27. The van der Waals surface area contributed by atoms with E-state index in [0.717, 1.165) is 6.42 Å². The predicted octanol–water partition coefficient (Wildman–Crippen LogP) is 2.17. The quantitative estimate of drug-likeness (QED) is 0.711.